The molecular formula is C30H34FN6O7P. The van der Waals surface area contributed by atoms with Gasteiger partial charge in [0.1, 0.15) is 29.8 Å². The van der Waals surface area contributed by atoms with Crippen molar-refractivity contribution in [2.45, 2.75) is 63.9 Å². The number of aromatic nitrogens is 4. The molecule has 0 radical (unpaired) electrons. The second-order valence-corrected chi connectivity index (χ2v) is 12.5. The average molecular weight is 641 g/mol. The maximum Gasteiger partial charge on any atom is 0.459 e. The molecule has 13 nitrogen and oxygen atoms in total. The topological polar surface area (TPSA) is 159 Å². The van der Waals surface area contributed by atoms with Crippen molar-refractivity contribution < 1.29 is 37.4 Å². The van der Waals surface area contributed by atoms with Gasteiger partial charge in [-0.2, -0.15) is 5.09 Å². The Bertz CT molecular complexity index is 1810. The van der Waals surface area contributed by atoms with Crippen LogP contribution in [0.3, 0.4) is 0 Å². The van der Waals surface area contributed by atoms with Crippen LogP contribution >= 0.6 is 7.75 Å². The molecule has 4 aromatic rings. The molecule has 0 aliphatic carbocycles. The van der Waals surface area contributed by atoms with Gasteiger partial charge in [0.2, 0.25) is 5.67 Å². The van der Waals surface area contributed by atoms with Gasteiger partial charge in [-0.3, -0.25) is 13.9 Å². The fourth-order valence-corrected chi connectivity index (χ4v) is 6.49. The lowest BCUT2D eigenvalue weighted by Gasteiger charge is -2.25. The van der Waals surface area contributed by atoms with E-state index in [0.29, 0.717) is 22.5 Å². The first-order chi connectivity index (χ1) is 21.4. The molecule has 2 aromatic carbocycles. The van der Waals surface area contributed by atoms with E-state index in [0.717, 1.165) is 5.39 Å². The molecule has 0 spiro atoms. The lowest BCUT2D eigenvalue weighted by Crippen LogP contribution is -2.42. The van der Waals surface area contributed by atoms with Crippen LogP contribution in [0.1, 0.15) is 32.8 Å². The lowest BCUT2D eigenvalue weighted by atomic mass is 9.97. The maximum atomic E-state index is 16.4. The van der Waals surface area contributed by atoms with Crippen molar-refractivity contribution in [1.29, 1.82) is 0 Å². The molecule has 6 atom stereocenters. The number of terminal acetylenes is 1. The van der Waals surface area contributed by atoms with Crippen molar-refractivity contribution in [2.75, 3.05) is 19.0 Å². The number of carbonyl (C=O) groups is 1. The predicted molar refractivity (Wildman–Crippen MR) is 164 cm³/mol. The van der Waals surface area contributed by atoms with Crippen LogP contribution in [-0.2, 0) is 23.4 Å². The van der Waals surface area contributed by atoms with E-state index in [1.165, 1.54) is 17.8 Å². The Labute approximate surface area is 259 Å². The van der Waals surface area contributed by atoms with Gasteiger partial charge >= 0.3 is 13.7 Å². The zero-order valence-corrected chi connectivity index (χ0v) is 26.2. The highest BCUT2D eigenvalue weighted by Gasteiger charge is 2.58. The van der Waals surface area contributed by atoms with Crippen molar-refractivity contribution in [3.8, 4) is 18.1 Å². The molecule has 3 heterocycles. The first-order valence-electron chi connectivity index (χ1n) is 14.2. The van der Waals surface area contributed by atoms with E-state index in [-0.39, 0.29) is 11.4 Å². The summed E-state index contributed by atoms with van der Waals surface area (Å²) in [5, 5.41) is 18.0. The number of aliphatic hydroxyl groups is 1. The summed E-state index contributed by atoms with van der Waals surface area (Å²) >= 11 is 0. The van der Waals surface area contributed by atoms with Crippen molar-refractivity contribution >= 4 is 41.5 Å². The van der Waals surface area contributed by atoms with Crippen LogP contribution in [0.15, 0.2) is 48.8 Å². The first-order valence-corrected chi connectivity index (χ1v) is 15.7. The quantitative estimate of drug-likeness (QED) is 0.123. The number of nitrogens with one attached hydrogen (secondary N) is 2. The third-order valence-electron chi connectivity index (χ3n) is 7.12. The predicted octanol–water partition coefficient (Wildman–Crippen LogP) is 4.06. The summed E-state index contributed by atoms with van der Waals surface area (Å²) in [6.45, 7) is 5.79. The molecule has 0 unspecified atom stereocenters. The van der Waals surface area contributed by atoms with E-state index < -0.39 is 56.6 Å². The van der Waals surface area contributed by atoms with Crippen LogP contribution in [0.2, 0.25) is 0 Å². The summed E-state index contributed by atoms with van der Waals surface area (Å²) in [6, 6.07) is 11.2. The summed E-state index contributed by atoms with van der Waals surface area (Å²) in [6.07, 6.45) is 1.51. The van der Waals surface area contributed by atoms with Crippen molar-refractivity contribution in [3.05, 3.63) is 54.6 Å². The molecule has 0 saturated carbocycles. The van der Waals surface area contributed by atoms with E-state index in [1.54, 1.807) is 52.1 Å². The number of hydrogen-bond donors (Lipinski definition) is 3. The molecular weight excluding hydrogens is 606 g/mol. The largest absolute Gasteiger partial charge is 0.462 e. The molecule has 0 bridgehead atoms. The molecule has 15 heteroatoms. The van der Waals surface area contributed by atoms with Gasteiger partial charge in [-0.1, -0.05) is 42.3 Å². The third-order valence-corrected chi connectivity index (χ3v) is 8.75. The van der Waals surface area contributed by atoms with Crippen molar-refractivity contribution in [2.24, 2.45) is 0 Å². The van der Waals surface area contributed by atoms with E-state index in [2.05, 4.69) is 25.4 Å². The zero-order chi connectivity index (χ0) is 32.5. The zero-order valence-electron chi connectivity index (χ0n) is 25.3. The smallest absolute Gasteiger partial charge is 0.459 e. The van der Waals surface area contributed by atoms with Gasteiger partial charge in [0, 0.05) is 12.4 Å². The number of benzene rings is 2. The summed E-state index contributed by atoms with van der Waals surface area (Å²) in [5.74, 6) is 2.28. The number of nitrogens with zero attached hydrogens (tertiary/aromatic N) is 4. The van der Waals surface area contributed by atoms with Crippen LogP contribution in [0.4, 0.5) is 10.2 Å². The van der Waals surface area contributed by atoms with E-state index in [4.69, 9.17) is 24.9 Å². The Morgan fingerprint density at radius 1 is 1.24 bits per heavy atom. The number of aliphatic hydroxyl groups excluding tert-OH is 1. The molecule has 238 valence electrons. The number of alkyl halides is 1. The Hall–Kier alpha value is -4.12. The fraction of sp³-hybridized carbons (Fsp3) is 0.400. The van der Waals surface area contributed by atoms with Crippen LogP contribution < -0.4 is 14.9 Å². The number of aryl methyl sites for hydroxylation is 1. The minimum absolute atomic E-state index is 0.197. The molecule has 2 aromatic heterocycles. The summed E-state index contributed by atoms with van der Waals surface area (Å²) in [5.41, 5.74) is -2.21. The second-order valence-electron chi connectivity index (χ2n) is 10.8. The van der Waals surface area contributed by atoms with Gasteiger partial charge in [0.15, 0.2) is 23.2 Å². The van der Waals surface area contributed by atoms with Gasteiger partial charge in [-0.05, 0) is 39.1 Å². The molecule has 1 aliphatic rings. The Morgan fingerprint density at radius 2 is 1.98 bits per heavy atom. The molecule has 1 saturated heterocycles. The number of hydrogen-bond acceptors (Lipinski definition) is 11. The highest BCUT2D eigenvalue weighted by Crippen LogP contribution is 2.49. The number of anilines is 1. The molecule has 3 N–H and O–H groups in total. The maximum absolute atomic E-state index is 16.4. The van der Waals surface area contributed by atoms with Crippen LogP contribution in [0.5, 0.6) is 5.75 Å². The average Bonchev–Trinajstić information content (AvgIpc) is 3.53. The number of halogens is 1. The summed E-state index contributed by atoms with van der Waals surface area (Å²) in [4.78, 5) is 25.5. The van der Waals surface area contributed by atoms with E-state index in [1.807, 2.05) is 24.1 Å². The monoisotopic (exact) mass is 640 g/mol. The van der Waals surface area contributed by atoms with E-state index >= 15 is 4.39 Å². The normalized spacial score (nSPS) is 23.5. The van der Waals surface area contributed by atoms with E-state index in [9.17, 15) is 14.5 Å². The number of fused-ring (bicyclic) bond motifs is 2. The molecule has 1 fully saturated rings. The van der Waals surface area contributed by atoms with Gasteiger partial charge in [0.05, 0.1) is 19.0 Å². The molecule has 45 heavy (non-hydrogen) atoms. The van der Waals surface area contributed by atoms with Gasteiger partial charge in [0.25, 0.3) is 0 Å². The van der Waals surface area contributed by atoms with Gasteiger partial charge in [-0.15, -0.1) is 6.42 Å². The van der Waals surface area contributed by atoms with Crippen molar-refractivity contribution in [3.63, 3.8) is 0 Å². The standard InChI is InChI=1S/C30H34FN6O7P/c1-7-30(31)25(38)23(43-29(30)37-16-33-24-26(32-6)34-19(5)35-27(24)37)15-41-45(40,36-18(4)28(39)42-17(2)3)44-22-14-10-12-20-11-8-9-13-21(20)22/h1,8-14,16-18,23,25,29,38H,15H2,2-6H3,(H,36,40)(H,32,34,35)/t18-,23-,25-,29-,30-,45-/m1/s1. The SMILES string of the molecule is C#C[C@@]1(F)[C@H](O)[C@@H](CO[P@](=O)(N[C@H](C)C(=O)OC(C)C)Oc2cccc3ccccc23)O[C@H]1n1cnc2c(NC)nc(C)nc21. The summed E-state index contributed by atoms with van der Waals surface area (Å²) < 4.78 is 54.7. The number of ether oxygens (including phenoxy) is 2. The first kappa shape index (κ1) is 32.3. The minimum Gasteiger partial charge on any atom is -0.462 e. The molecule has 5 rings (SSSR count). The number of imidazole rings is 1. The molecule has 0 amide bonds. The Morgan fingerprint density at radius 3 is 2.69 bits per heavy atom. The van der Waals surface area contributed by atoms with Crippen LogP contribution in [-0.4, -0.2) is 74.3 Å². The highest BCUT2D eigenvalue weighted by atomic mass is 31.2. The second kappa shape index (κ2) is 12.7. The molecule has 1 aliphatic heterocycles. The summed E-state index contributed by atoms with van der Waals surface area (Å²) in [7, 11) is -2.78. The number of carbonyl (C=O) groups excluding carboxylic acids is 1. The van der Waals surface area contributed by atoms with Crippen LogP contribution in [0.25, 0.3) is 21.9 Å². The lowest BCUT2D eigenvalue weighted by molar-refractivity contribution is -0.149. The fourth-order valence-electron chi connectivity index (χ4n) is 4.97. The minimum atomic E-state index is -4.43. The Balaban J connectivity index is 1.44. The Kier molecular flexibility index (Phi) is 9.11. The third kappa shape index (κ3) is 6.36. The van der Waals surface area contributed by atoms with Crippen LogP contribution in [0, 0.1) is 19.3 Å². The number of rotatable bonds is 11. The van der Waals surface area contributed by atoms with Gasteiger partial charge in [-0.25, -0.2) is 23.9 Å². The number of esters is 1. The van der Waals surface area contributed by atoms with Crippen molar-refractivity contribution in [1.82, 2.24) is 24.6 Å². The van der Waals surface area contributed by atoms with Gasteiger partial charge < -0.3 is 24.4 Å². The highest BCUT2D eigenvalue weighted by molar-refractivity contribution is 7.52.